The van der Waals surface area contributed by atoms with Crippen molar-refractivity contribution in [2.24, 2.45) is 0 Å². The first-order valence-corrected chi connectivity index (χ1v) is 23.5. The summed E-state index contributed by atoms with van der Waals surface area (Å²) in [6.45, 7) is 8.58. The van der Waals surface area contributed by atoms with Crippen LogP contribution in [0.4, 0.5) is 4.79 Å². The highest BCUT2D eigenvalue weighted by atomic mass is 32.1. The van der Waals surface area contributed by atoms with Gasteiger partial charge in [-0.3, -0.25) is 4.90 Å². The normalized spacial score (nSPS) is 16.2. The molecule has 2 fully saturated rings. The van der Waals surface area contributed by atoms with E-state index in [0.29, 0.717) is 25.8 Å². The maximum absolute atomic E-state index is 12.8. The van der Waals surface area contributed by atoms with Gasteiger partial charge in [0.25, 0.3) is 0 Å². The molecule has 2 atom stereocenters. The van der Waals surface area contributed by atoms with E-state index in [1.54, 1.807) is 22.7 Å². The Morgan fingerprint density at radius 1 is 0.635 bits per heavy atom. The minimum atomic E-state index is -0.512. The average molecular weight is 873 g/mol. The molecule has 2 aliphatic heterocycles. The van der Waals surface area contributed by atoms with E-state index in [1.165, 1.54) is 34.4 Å². The largest absolute Gasteiger partial charge is 0.488 e. The second kappa shape index (κ2) is 19.1. The van der Waals surface area contributed by atoms with Crippen LogP contribution in [0.5, 0.6) is 11.5 Å². The minimum Gasteiger partial charge on any atom is -0.488 e. The van der Waals surface area contributed by atoms with Crippen molar-refractivity contribution in [3.8, 4) is 34.0 Å². The molecule has 0 radical (unpaired) electrons. The predicted octanol–water partition coefficient (Wildman–Crippen LogP) is 13.6. The maximum Gasteiger partial charge on any atom is 0.410 e. The number of benzene rings is 6. The van der Waals surface area contributed by atoms with Crippen molar-refractivity contribution in [2.75, 3.05) is 13.1 Å². The maximum atomic E-state index is 12.8. The Hall–Kier alpha value is -6.07. The number of nitrogens with zero attached hydrogens (tertiary/aromatic N) is 3. The Kier molecular flexibility index (Phi) is 12.8. The first kappa shape index (κ1) is 42.2. The topological polar surface area (TPSA) is 85.8 Å². The van der Waals surface area contributed by atoms with Gasteiger partial charge in [0.1, 0.15) is 40.3 Å². The molecule has 2 saturated heterocycles. The highest BCUT2D eigenvalue weighted by Gasteiger charge is 2.35. The van der Waals surface area contributed by atoms with E-state index in [9.17, 15) is 4.79 Å². The first-order valence-electron chi connectivity index (χ1n) is 21.8. The number of likely N-dealkylation sites (tertiary alicyclic amines) is 1. The molecule has 0 aliphatic carbocycles. The average Bonchev–Trinajstić information content (AvgIpc) is 4.16. The van der Waals surface area contributed by atoms with Crippen LogP contribution in [0.1, 0.15) is 79.7 Å². The van der Waals surface area contributed by atoms with E-state index in [2.05, 4.69) is 94.9 Å². The minimum absolute atomic E-state index is 0.0386. The number of hydrogen-bond donors (Lipinski definition) is 1. The van der Waals surface area contributed by atoms with Crippen LogP contribution < -0.4 is 14.8 Å². The van der Waals surface area contributed by atoms with Crippen molar-refractivity contribution < 1.29 is 19.0 Å². The van der Waals surface area contributed by atoms with Crippen molar-refractivity contribution in [3.05, 3.63) is 165 Å². The second-order valence-electron chi connectivity index (χ2n) is 17.0. The molecule has 0 spiro atoms. The fourth-order valence-corrected chi connectivity index (χ4v) is 10.2. The fraction of sp³-hybridized carbons (Fsp3) is 0.264. The van der Waals surface area contributed by atoms with Gasteiger partial charge < -0.3 is 19.5 Å². The summed E-state index contributed by atoms with van der Waals surface area (Å²) in [5.41, 5.74) is 6.01. The molecule has 0 saturated carbocycles. The van der Waals surface area contributed by atoms with Gasteiger partial charge in [-0.25, -0.2) is 14.8 Å². The Labute approximate surface area is 377 Å². The summed E-state index contributed by atoms with van der Waals surface area (Å²) in [5.74, 6) is 1.77. The van der Waals surface area contributed by atoms with Gasteiger partial charge in [0.05, 0.1) is 23.5 Å². The Balaban J connectivity index is 0.000000164. The molecule has 8 nitrogen and oxygen atoms in total. The number of carbonyl (C=O) groups is 1. The lowest BCUT2D eigenvalue weighted by molar-refractivity contribution is 0.0224. The lowest BCUT2D eigenvalue weighted by Crippen LogP contribution is -2.36. The van der Waals surface area contributed by atoms with E-state index in [0.717, 1.165) is 74.6 Å². The molecule has 2 aromatic heterocycles. The highest BCUT2D eigenvalue weighted by molar-refractivity contribution is 7.10. The van der Waals surface area contributed by atoms with E-state index >= 15 is 0 Å². The van der Waals surface area contributed by atoms with Gasteiger partial charge in [-0.2, -0.15) is 0 Å². The molecule has 2 aliphatic rings. The molecule has 0 bridgehead atoms. The number of fused-ring (bicyclic) bond motifs is 2. The molecule has 4 heterocycles. The van der Waals surface area contributed by atoms with Crippen LogP contribution in [0.2, 0.25) is 0 Å². The zero-order valence-electron chi connectivity index (χ0n) is 36.0. The van der Waals surface area contributed by atoms with E-state index in [4.69, 9.17) is 24.2 Å². The molecule has 320 valence electrons. The smallest absolute Gasteiger partial charge is 0.410 e. The number of ether oxygens (including phenoxy) is 3. The van der Waals surface area contributed by atoms with Crippen molar-refractivity contribution in [1.82, 2.24) is 20.2 Å². The van der Waals surface area contributed by atoms with Crippen LogP contribution in [0.3, 0.4) is 0 Å². The summed E-state index contributed by atoms with van der Waals surface area (Å²) in [5, 5.41) is 14.4. The van der Waals surface area contributed by atoms with Crippen LogP contribution in [0.15, 0.2) is 144 Å². The molecule has 10 rings (SSSR count). The molecular formula is C53H52N4O4S2. The summed E-state index contributed by atoms with van der Waals surface area (Å²) in [6.07, 6.45) is 4.01. The lowest BCUT2D eigenvalue weighted by Gasteiger charge is -2.27. The standard InChI is InChI=1S/C29H30N2O3S.C24H22N2OS/c1-29(2,3)34-28(32)31-17-9-14-25(31)27-30-24(19-35-27)22-15-16-26(23-13-8-7-12-21(22)23)33-18-20-10-5-4-6-11-20;1-2-7-17(8-3-1)15-27-23-13-12-19(18-9-4-5-10-20(18)23)22-16-28-24(26-22)21-11-6-14-25-21/h4-8,10-13,15-16,19,25H,9,14,17-18H2,1-3H3;1-5,7-10,12-13,16,21,25H,6,11,14-15H2/t25-;21-/m00/s1. The van der Waals surface area contributed by atoms with Crippen LogP contribution in [0, 0.1) is 0 Å². The molecule has 8 aromatic rings. The Morgan fingerprint density at radius 3 is 1.67 bits per heavy atom. The third kappa shape index (κ3) is 9.94. The summed E-state index contributed by atoms with van der Waals surface area (Å²) >= 11 is 3.37. The number of carbonyl (C=O) groups excluding carboxylic acids is 1. The van der Waals surface area contributed by atoms with E-state index < -0.39 is 5.60 Å². The number of hydrogen-bond acceptors (Lipinski definition) is 9. The fourth-order valence-electron chi connectivity index (χ4n) is 8.31. The highest BCUT2D eigenvalue weighted by Crippen LogP contribution is 2.40. The van der Waals surface area contributed by atoms with Crippen LogP contribution in [-0.2, 0) is 18.0 Å². The predicted molar refractivity (Wildman–Crippen MR) is 257 cm³/mol. The molecule has 1 amide bonds. The lowest BCUT2D eigenvalue weighted by atomic mass is 10.0. The van der Waals surface area contributed by atoms with Crippen molar-refractivity contribution in [1.29, 1.82) is 0 Å². The van der Waals surface area contributed by atoms with Crippen molar-refractivity contribution in [2.45, 2.75) is 77.4 Å². The number of thiazole rings is 2. The number of nitrogens with one attached hydrogen (secondary N) is 1. The molecule has 10 heteroatoms. The summed E-state index contributed by atoms with van der Waals surface area (Å²) in [4.78, 5) is 24.5. The summed E-state index contributed by atoms with van der Waals surface area (Å²) < 4.78 is 18.0. The van der Waals surface area contributed by atoms with Gasteiger partial charge in [0.15, 0.2) is 0 Å². The zero-order chi connectivity index (χ0) is 43.2. The van der Waals surface area contributed by atoms with Crippen LogP contribution in [0.25, 0.3) is 44.1 Å². The quantitative estimate of drug-likeness (QED) is 0.146. The number of rotatable bonds is 10. The van der Waals surface area contributed by atoms with Gasteiger partial charge in [-0.15, -0.1) is 22.7 Å². The van der Waals surface area contributed by atoms with Crippen LogP contribution in [-0.4, -0.2) is 39.7 Å². The van der Waals surface area contributed by atoms with Crippen LogP contribution >= 0.6 is 22.7 Å². The van der Waals surface area contributed by atoms with Gasteiger partial charge in [-0.1, -0.05) is 109 Å². The van der Waals surface area contributed by atoms with E-state index in [1.807, 2.05) is 80.3 Å². The molecule has 0 unspecified atom stereocenters. The molecule has 63 heavy (non-hydrogen) atoms. The third-order valence-electron chi connectivity index (χ3n) is 11.4. The van der Waals surface area contributed by atoms with Gasteiger partial charge in [-0.05, 0) is 99.2 Å². The summed E-state index contributed by atoms with van der Waals surface area (Å²) in [7, 11) is 0. The zero-order valence-corrected chi connectivity index (χ0v) is 37.6. The van der Waals surface area contributed by atoms with Crippen molar-refractivity contribution in [3.63, 3.8) is 0 Å². The molecular weight excluding hydrogens is 821 g/mol. The van der Waals surface area contributed by atoms with Gasteiger partial charge >= 0.3 is 6.09 Å². The van der Waals surface area contributed by atoms with Crippen molar-refractivity contribution >= 4 is 50.3 Å². The molecule has 1 N–H and O–H groups in total. The van der Waals surface area contributed by atoms with E-state index in [-0.39, 0.29) is 12.1 Å². The Bertz CT molecular complexity index is 2790. The first-order chi connectivity index (χ1) is 30.8. The van der Waals surface area contributed by atoms with Gasteiger partial charge in [0.2, 0.25) is 0 Å². The number of amides is 1. The summed E-state index contributed by atoms with van der Waals surface area (Å²) in [6, 6.07) is 45.9. The molecule has 6 aromatic carbocycles. The SMILES string of the molecule is CC(C)(C)OC(=O)N1CCC[C@H]1c1nc(-c2ccc(OCc3ccccc3)c3ccccc23)cs1.c1ccc(COc2ccc(-c3csc([C@@H]4CCCN4)n3)c3ccccc23)cc1. The third-order valence-corrected chi connectivity index (χ3v) is 13.3. The number of aromatic nitrogens is 2. The second-order valence-corrected chi connectivity index (χ2v) is 18.8. The van der Waals surface area contributed by atoms with Gasteiger partial charge in [0, 0.05) is 39.2 Å². The monoisotopic (exact) mass is 872 g/mol. The Morgan fingerprint density at radius 2 is 1.14 bits per heavy atom.